The molecule has 0 saturated carbocycles. The van der Waals surface area contributed by atoms with Gasteiger partial charge in [0.25, 0.3) is 0 Å². The molecule has 112 valence electrons. The fourth-order valence-electron chi connectivity index (χ4n) is 1.78. The van der Waals surface area contributed by atoms with Crippen molar-refractivity contribution in [3.8, 4) is 11.5 Å². The van der Waals surface area contributed by atoms with E-state index < -0.39 is 5.82 Å². The Morgan fingerprint density at radius 1 is 1.24 bits per heavy atom. The zero-order valence-electron chi connectivity index (χ0n) is 11.7. The molecule has 0 unspecified atom stereocenters. The highest BCUT2D eigenvalue weighted by Crippen LogP contribution is 2.22. The van der Waals surface area contributed by atoms with Crippen LogP contribution in [0.2, 0.25) is 5.15 Å². The van der Waals surface area contributed by atoms with E-state index in [1.165, 1.54) is 6.20 Å². The van der Waals surface area contributed by atoms with E-state index in [4.69, 9.17) is 21.1 Å². The lowest BCUT2D eigenvalue weighted by molar-refractivity contribution is 0.385. The average Bonchev–Trinajstić information content (AvgIpc) is 2.51. The molecule has 1 N–H and O–H groups in total. The molecule has 2 heterocycles. The van der Waals surface area contributed by atoms with Gasteiger partial charge in [-0.15, -0.1) is 0 Å². The molecule has 0 amide bonds. The molecule has 5 nitrogen and oxygen atoms in total. The quantitative estimate of drug-likeness (QED) is 0.831. The maximum absolute atomic E-state index is 13.7. The molecular formula is C14H15ClFN3O2. The number of halogens is 2. The van der Waals surface area contributed by atoms with Crippen LogP contribution in [0.25, 0.3) is 0 Å². The normalized spacial score (nSPS) is 10.5. The minimum atomic E-state index is -0.513. The summed E-state index contributed by atoms with van der Waals surface area (Å²) in [5.41, 5.74) is 1.15. The van der Waals surface area contributed by atoms with Gasteiger partial charge < -0.3 is 14.8 Å². The SMILES string of the molecule is COc1cnc(CNCc2ccnc(Cl)c2F)c(OC)c1. The predicted molar refractivity (Wildman–Crippen MR) is 77.1 cm³/mol. The van der Waals surface area contributed by atoms with E-state index in [0.29, 0.717) is 35.8 Å². The third-order valence-corrected chi connectivity index (χ3v) is 3.16. The van der Waals surface area contributed by atoms with E-state index in [-0.39, 0.29) is 5.15 Å². The molecule has 21 heavy (non-hydrogen) atoms. The van der Waals surface area contributed by atoms with E-state index in [1.54, 1.807) is 32.5 Å². The molecule has 7 heteroatoms. The number of nitrogens with zero attached hydrogens (tertiary/aromatic N) is 2. The van der Waals surface area contributed by atoms with Gasteiger partial charge in [-0.1, -0.05) is 11.6 Å². The fraction of sp³-hybridized carbons (Fsp3) is 0.286. The monoisotopic (exact) mass is 311 g/mol. The summed E-state index contributed by atoms with van der Waals surface area (Å²) in [4.78, 5) is 7.92. The van der Waals surface area contributed by atoms with Crippen LogP contribution >= 0.6 is 11.6 Å². The van der Waals surface area contributed by atoms with Gasteiger partial charge in [-0.25, -0.2) is 9.37 Å². The molecular weight excluding hydrogens is 297 g/mol. The largest absolute Gasteiger partial charge is 0.495 e. The van der Waals surface area contributed by atoms with Crippen molar-refractivity contribution < 1.29 is 13.9 Å². The second-order valence-corrected chi connectivity index (χ2v) is 4.56. The highest BCUT2D eigenvalue weighted by atomic mass is 35.5. The van der Waals surface area contributed by atoms with Crippen molar-refractivity contribution in [2.75, 3.05) is 14.2 Å². The summed E-state index contributed by atoms with van der Waals surface area (Å²) < 4.78 is 24.0. The summed E-state index contributed by atoms with van der Waals surface area (Å²) in [6.45, 7) is 0.734. The summed E-state index contributed by atoms with van der Waals surface area (Å²) >= 11 is 5.63. The number of ether oxygens (including phenoxy) is 2. The van der Waals surface area contributed by atoms with Crippen molar-refractivity contribution in [2.45, 2.75) is 13.1 Å². The van der Waals surface area contributed by atoms with Crippen LogP contribution in [0.4, 0.5) is 4.39 Å². The summed E-state index contributed by atoms with van der Waals surface area (Å²) in [5, 5.41) is 2.96. The van der Waals surface area contributed by atoms with Gasteiger partial charge in [-0.2, -0.15) is 0 Å². The van der Waals surface area contributed by atoms with Gasteiger partial charge in [0.05, 0.1) is 26.1 Å². The van der Waals surface area contributed by atoms with Crippen molar-refractivity contribution in [1.82, 2.24) is 15.3 Å². The first-order chi connectivity index (χ1) is 10.2. The number of hydrogen-bond acceptors (Lipinski definition) is 5. The molecule has 0 spiro atoms. The second kappa shape index (κ2) is 7.19. The van der Waals surface area contributed by atoms with E-state index in [1.807, 2.05) is 0 Å². The topological polar surface area (TPSA) is 56.3 Å². The summed E-state index contributed by atoms with van der Waals surface area (Å²) in [5.74, 6) is 0.707. The fourth-order valence-corrected chi connectivity index (χ4v) is 1.96. The minimum Gasteiger partial charge on any atom is -0.495 e. The van der Waals surface area contributed by atoms with Gasteiger partial charge in [-0.05, 0) is 6.07 Å². The third kappa shape index (κ3) is 3.80. The van der Waals surface area contributed by atoms with Gasteiger partial charge >= 0.3 is 0 Å². The molecule has 2 aromatic heterocycles. The number of aromatic nitrogens is 2. The van der Waals surface area contributed by atoms with Gasteiger partial charge in [0.15, 0.2) is 11.0 Å². The number of rotatable bonds is 6. The maximum atomic E-state index is 13.7. The standard InChI is InChI=1S/C14H15ClFN3O2/c1-20-10-5-12(21-2)11(19-7-10)8-17-6-9-3-4-18-14(15)13(9)16/h3-5,7,17H,6,8H2,1-2H3. The van der Waals surface area contributed by atoms with Crippen LogP contribution in [-0.4, -0.2) is 24.2 Å². The average molecular weight is 312 g/mol. The van der Waals surface area contributed by atoms with Crippen LogP contribution < -0.4 is 14.8 Å². The third-order valence-electron chi connectivity index (χ3n) is 2.90. The van der Waals surface area contributed by atoms with Crippen LogP contribution in [0.15, 0.2) is 24.5 Å². The van der Waals surface area contributed by atoms with Crippen molar-refractivity contribution in [1.29, 1.82) is 0 Å². The van der Waals surface area contributed by atoms with Crippen molar-refractivity contribution in [2.24, 2.45) is 0 Å². The lowest BCUT2D eigenvalue weighted by atomic mass is 10.2. The Morgan fingerprint density at radius 2 is 2.05 bits per heavy atom. The summed E-state index contributed by atoms with van der Waals surface area (Å²) in [6, 6.07) is 3.32. The second-order valence-electron chi connectivity index (χ2n) is 4.20. The predicted octanol–water partition coefficient (Wildman–Crippen LogP) is 2.58. The molecule has 0 fully saturated rings. The number of methoxy groups -OCH3 is 2. The van der Waals surface area contributed by atoms with Crippen LogP contribution in [0, 0.1) is 5.82 Å². The smallest absolute Gasteiger partial charge is 0.165 e. The molecule has 0 bridgehead atoms. The molecule has 0 radical (unpaired) electrons. The summed E-state index contributed by atoms with van der Waals surface area (Å²) in [6.07, 6.45) is 3.07. The van der Waals surface area contributed by atoms with Gasteiger partial charge in [0.2, 0.25) is 0 Å². The first-order valence-electron chi connectivity index (χ1n) is 6.22. The Morgan fingerprint density at radius 3 is 2.76 bits per heavy atom. The van der Waals surface area contributed by atoms with Crippen LogP contribution in [-0.2, 0) is 13.1 Å². The number of pyridine rings is 2. The Labute approximate surface area is 127 Å². The van der Waals surface area contributed by atoms with E-state index in [9.17, 15) is 4.39 Å². The summed E-state index contributed by atoms with van der Waals surface area (Å²) in [7, 11) is 3.12. The molecule has 2 rings (SSSR count). The lowest BCUT2D eigenvalue weighted by Crippen LogP contribution is -2.15. The molecule has 0 aromatic carbocycles. The minimum absolute atomic E-state index is 0.130. The van der Waals surface area contributed by atoms with Gasteiger partial charge in [0.1, 0.15) is 11.5 Å². The first kappa shape index (κ1) is 15.5. The van der Waals surface area contributed by atoms with Gasteiger partial charge in [0, 0.05) is 30.9 Å². The Hall–Kier alpha value is -1.92. The van der Waals surface area contributed by atoms with Crippen LogP contribution in [0.5, 0.6) is 11.5 Å². The van der Waals surface area contributed by atoms with Crippen molar-refractivity contribution in [3.63, 3.8) is 0 Å². The molecule has 0 atom stereocenters. The van der Waals surface area contributed by atoms with Crippen LogP contribution in [0.1, 0.15) is 11.3 Å². The number of hydrogen-bond donors (Lipinski definition) is 1. The van der Waals surface area contributed by atoms with Crippen LogP contribution in [0.3, 0.4) is 0 Å². The maximum Gasteiger partial charge on any atom is 0.165 e. The van der Waals surface area contributed by atoms with E-state index >= 15 is 0 Å². The van der Waals surface area contributed by atoms with Crippen molar-refractivity contribution >= 4 is 11.6 Å². The highest BCUT2D eigenvalue weighted by Gasteiger charge is 2.09. The van der Waals surface area contributed by atoms with Crippen molar-refractivity contribution in [3.05, 3.63) is 46.8 Å². The Bertz CT molecular complexity index is 625. The zero-order valence-corrected chi connectivity index (χ0v) is 12.4. The zero-order chi connectivity index (χ0) is 15.2. The molecule has 0 aliphatic rings. The Kier molecular flexibility index (Phi) is 5.30. The molecule has 0 aliphatic heterocycles. The van der Waals surface area contributed by atoms with E-state index in [2.05, 4.69) is 15.3 Å². The molecule has 0 aliphatic carbocycles. The van der Waals surface area contributed by atoms with Gasteiger partial charge in [-0.3, -0.25) is 4.98 Å². The first-order valence-corrected chi connectivity index (χ1v) is 6.60. The molecule has 2 aromatic rings. The molecule has 0 saturated heterocycles. The lowest BCUT2D eigenvalue weighted by Gasteiger charge is -2.10. The number of nitrogens with one attached hydrogen (secondary N) is 1. The Balaban J connectivity index is 2.02. The highest BCUT2D eigenvalue weighted by molar-refractivity contribution is 6.29. The van der Waals surface area contributed by atoms with E-state index in [0.717, 1.165) is 0 Å².